The molecule has 94 heavy (non-hydrogen) atoms. The minimum atomic E-state index is -5.08. The normalized spacial score (nSPS) is 12.9. The number of aromatic nitrogens is 2. The summed E-state index contributed by atoms with van der Waals surface area (Å²) in [5, 5.41) is 30.5. The fraction of sp³-hybridized carbons (Fsp3) is 0.450. The first-order valence-electron chi connectivity index (χ1n) is 28.3. The lowest BCUT2D eigenvalue weighted by molar-refractivity contribution is -0.193. The van der Waals surface area contributed by atoms with Crippen molar-refractivity contribution in [3.05, 3.63) is 81.6 Å². The number of rotatable bonds is 18. The predicted molar refractivity (Wildman–Crippen MR) is 342 cm³/mol. The molecule has 516 valence electrons. The standard InChI is InChI=1S/C32H42N4O6S2.C22H26N4O2S2.2C2HF3O2.C2HF3O/c1-9-20-11-10-12-22-26(20)34-28(43-22)25-21-13-15-36(30(39)42-32(5,6)7)19-23(21)44-27(25)33-24(37)14-16-35(17-18-40-8)29(38)41-31(2,3)4;1-3-14-5-4-6-16-20(14)26-22(29-16)19-15-7-9-24-13-17(15)30-21(19)25-18(27)8-10-23-11-12-28-2;2*3-2(4,5)1(6)7;3-2(4,5)1-6/h9-12H,1,13-19H2,2-8H3,(H,33,37);3-6,23-24H,1,7-13H2,2H3,(H,25,27);2*(H,6,7);1H. The van der Waals surface area contributed by atoms with Gasteiger partial charge in [0.05, 0.1) is 40.2 Å². The summed E-state index contributed by atoms with van der Waals surface area (Å²) in [6.07, 6.45) is -11.1. The zero-order chi connectivity index (χ0) is 70.5. The third-order valence-electron chi connectivity index (χ3n) is 12.4. The average Bonchev–Trinajstić information content (AvgIpc) is 1.62. The van der Waals surface area contributed by atoms with Crippen molar-refractivity contribution in [3.8, 4) is 21.1 Å². The van der Waals surface area contributed by atoms with E-state index < -0.39 is 54.0 Å². The molecule has 2 aliphatic rings. The summed E-state index contributed by atoms with van der Waals surface area (Å²) >= 11 is 6.34. The number of carbonyl (C=O) groups is 7. The Kier molecular flexibility index (Phi) is 29.6. The van der Waals surface area contributed by atoms with E-state index in [4.69, 9.17) is 53.5 Å². The predicted octanol–water partition coefficient (Wildman–Crippen LogP) is 13.1. The number of methoxy groups -OCH3 is 2. The van der Waals surface area contributed by atoms with Crippen LogP contribution in [0.25, 0.3) is 53.7 Å². The number of anilines is 2. The minimum absolute atomic E-state index is 0.0145. The van der Waals surface area contributed by atoms with E-state index in [1.807, 2.05) is 57.2 Å². The van der Waals surface area contributed by atoms with Gasteiger partial charge in [0.15, 0.2) is 0 Å². The number of carboxylic acids is 2. The lowest BCUT2D eigenvalue weighted by Crippen LogP contribution is -2.40. The highest BCUT2D eigenvalue weighted by molar-refractivity contribution is 7.23. The number of alkyl halides is 9. The van der Waals surface area contributed by atoms with Gasteiger partial charge in [-0.3, -0.25) is 14.4 Å². The summed E-state index contributed by atoms with van der Waals surface area (Å²) in [5.74, 6) is -5.74. The van der Waals surface area contributed by atoms with Gasteiger partial charge < -0.3 is 60.2 Å². The molecule has 6 aromatic rings. The summed E-state index contributed by atoms with van der Waals surface area (Å²) in [6.45, 7) is 24.2. The molecule has 0 radical (unpaired) electrons. The van der Waals surface area contributed by atoms with Crippen LogP contribution in [0.15, 0.2) is 49.6 Å². The molecule has 0 fully saturated rings. The largest absolute Gasteiger partial charge is 0.490 e. The van der Waals surface area contributed by atoms with Crippen molar-refractivity contribution in [2.45, 2.75) is 110 Å². The first-order valence-corrected chi connectivity index (χ1v) is 31.5. The van der Waals surface area contributed by atoms with Gasteiger partial charge in [0.1, 0.15) is 31.2 Å². The third kappa shape index (κ3) is 24.9. The number of nitrogens with one attached hydrogen (secondary N) is 4. The van der Waals surface area contributed by atoms with E-state index in [0.717, 1.165) is 94.2 Å². The number of carbonyl (C=O) groups excluding carboxylic acids is 5. The summed E-state index contributed by atoms with van der Waals surface area (Å²) in [6, 6.07) is 12.1. The maximum atomic E-state index is 13.4. The van der Waals surface area contributed by atoms with Crippen LogP contribution in [0.1, 0.15) is 86.4 Å². The van der Waals surface area contributed by atoms with Gasteiger partial charge >= 0.3 is 42.7 Å². The van der Waals surface area contributed by atoms with Crippen LogP contribution in [0.3, 0.4) is 0 Å². The summed E-state index contributed by atoms with van der Waals surface area (Å²) < 4.78 is 118. The molecular formula is C60H71F9N8O13S4. The number of thiazole rings is 2. The van der Waals surface area contributed by atoms with Crippen LogP contribution in [-0.2, 0) is 68.9 Å². The number of aldehydes is 1. The van der Waals surface area contributed by atoms with Crippen LogP contribution < -0.4 is 21.3 Å². The maximum Gasteiger partial charge on any atom is 0.490 e. The Balaban J connectivity index is 0.000000320. The molecule has 8 rings (SSSR count). The number of hydrogen-bond acceptors (Lipinski definition) is 19. The Bertz CT molecular complexity index is 3580. The highest BCUT2D eigenvalue weighted by Gasteiger charge is 2.39. The number of para-hydroxylation sites is 2. The van der Waals surface area contributed by atoms with Crippen molar-refractivity contribution in [1.29, 1.82) is 0 Å². The molecule has 34 heteroatoms. The maximum absolute atomic E-state index is 13.4. The van der Waals surface area contributed by atoms with E-state index in [1.165, 1.54) is 26.7 Å². The second kappa shape index (κ2) is 35.2. The van der Waals surface area contributed by atoms with E-state index >= 15 is 0 Å². The summed E-state index contributed by atoms with van der Waals surface area (Å²) in [7, 11) is 3.23. The monoisotopic (exact) mass is 1410 g/mol. The van der Waals surface area contributed by atoms with Crippen LogP contribution in [0, 0.1) is 0 Å². The lowest BCUT2D eigenvalue weighted by Gasteiger charge is -2.30. The molecule has 2 aromatic carbocycles. The molecule has 0 spiro atoms. The number of ether oxygens (including phenoxy) is 4. The number of thiophene rings is 2. The number of carboxylic acid groups (broad SMARTS) is 2. The lowest BCUT2D eigenvalue weighted by atomic mass is 10.0. The van der Waals surface area contributed by atoms with E-state index in [-0.39, 0.29) is 30.9 Å². The van der Waals surface area contributed by atoms with Crippen LogP contribution in [-0.4, -0.2) is 169 Å². The Labute approximate surface area is 550 Å². The SMILES string of the molecule is C=Cc1cccc2sc(-c3c(NC(=O)CCN(CCOC)C(=O)OC(C)(C)C)sc4c3CCN(C(=O)OC(C)(C)C)C4)nc12.C=Cc1cccc2sc(-c3c(NC(=O)CCNCCOC)sc4c3CCNC4)nc12.O=C(O)C(F)(F)F.O=C(O)C(F)(F)F.O=CC(F)(F)F. The van der Waals surface area contributed by atoms with E-state index in [1.54, 1.807) is 80.0 Å². The first-order chi connectivity index (χ1) is 43.8. The molecule has 0 aliphatic carbocycles. The van der Waals surface area contributed by atoms with Gasteiger partial charge in [0, 0.05) is 98.3 Å². The van der Waals surface area contributed by atoms with E-state index in [0.29, 0.717) is 57.2 Å². The molecule has 4 aromatic heterocycles. The molecule has 21 nitrogen and oxygen atoms in total. The van der Waals surface area contributed by atoms with Crippen LogP contribution in [0.2, 0.25) is 0 Å². The molecular weight excluding hydrogens is 1340 g/mol. The molecule has 2 aliphatic heterocycles. The van der Waals surface area contributed by atoms with Gasteiger partial charge in [-0.15, -0.1) is 45.3 Å². The topological polar surface area (TPSA) is 277 Å². The smallest absolute Gasteiger partial charge is 0.475 e. The molecule has 0 atom stereocenters. The zero-order valence-electron chi connectivity index (χ0n) is 52.2. The number of aliphatic carboxylic acids is 2. The summed E-state index contributed by atoms with van der Waals surface area (Å²) in [5.41, 5.74) is 6.89. The van der Waals surface area contributed by atoms with Crippen molar-refractivity contribution in [2.24, 2.45) is 0 Å². The third-order valence-corrected chi connectivity index (χ3v) is 16.7. The van der Waals surface area contributed by atoms with Gasteiger partial charge in [-0.1, -0.05) is 49.6 Å². The van der Waals surface area contributed by atoms with E-state index in [9.17, 15) is 58.7 Å². The van der Waals surface area contributed by atoms with Gasteiger partial charge in [0.25, 0.3) is 0 Å². The van der Waals surface area contributed by atoms with Crippen molar-refractivity contribution in [3.63, 3.8) is 0 Å². The van der Waals surface area contributed by atoms with Gasteiger partial charge in [-0.2, -0.15) is 39.5 Å². The van der Waals surface area contributed by atoms with Crippen molar-refractivity contribution >= 4 is 130 Å². The zero-order valence-corrected chi connectivity index (χ0v) is 55.5. The second-order valence-electron chi connectivity index (χ2n) is 21.9. The number of amides is 4. The number of nitrogens with zero attached hydrogens (tertiary/aromatic N) is 4. The highest BCUT2D eigenvalue weighted by Crippen LogP contribution is 2.47. The Morgan fingerprint density at radius 2 is 1.14 bits per heavy atom. The molecule has 4 amide bonds. The van der Waals surface area contributed by atoms with Crippen molar-refractivity contribution in [2.75, 3.05) is 77.3 Å². The molecule has 0 saturated heterocycles. The van der Waals surface area contributed by atoms with Gasteiger partial charge in [-0.05, 0) is 84.2 Å². The Hall–Kier alpha value is -7.60. The molecule has 0 unspecified atom stereocenters. The molecule has 6 heterocycles. The number of hydrogen-bond donors (Lipinski definition) is 6. The first kappa shape index (κ1) is 78.8. The summed E-state index contributed by atoms with van der Waals surface area (Å²) in [4.78, 5) is 93.5. The van der Waals surface area contributed by atoms with Crippen LogP contribution >= 0.6 is 45.3 Å². The van der Waals surface area contributed by atoms with Gasteiger partial charge in [0.2, 0.25) is 18.1 Å². The Morgan fingerprint density at radius 3 is 1.59 bits per heavy atom. The van der Waals surface area contributed by atoms with E-state index in [2.05, 4.69) is 40.5 Å². The minimum Gasteiger partial charge on any atom is -0.475 e. The Morgan fingerprint density at radius 1 is 0.670 bits per heavy atom. The van der Waals surface area contributed by atoms with Gasteiger partial charge in [-0.25, -0.2) is 29.1 Å². The van der Waals surface area contributed by atoms with Crippen molar-refractivity contribution < 1.29 is 102 Å². The number of halogens is 9. The number of fused-ring (bicyclic) bond motifs is 4. The average molecular weight is 1410 g/mol. The quantitative estimate of drug-likeness (QED) is 0.0265. The molecule has 0 bridgehead atoms. The molecule has 6 N–H and O–H groups in total. The fourth-order valence-corrected chi connectivity index (χ4v) is 13.1. The van der Waals surface area contributed by atoms with Crippen LogP contribution in [0.5, 0.6) is 0 Å². The second-order valence-corrected chi connectivity index (χ2v) is 26.2. The fourth-order valence-electron chi connectivity index (χ4n) is 8.27. The molecule has 0 saturated carbocycles. The van der Waals surface area contributed by atoms with Crippen molar-refractivity contribution in [1.82, 2.24) is 30.4 Å². The van der Waals surface area contributed by atoms with Crippen LogP contribution in [0.4, 0.5) is 59.1 Å². The number of benzene rings is 2. The highest BCUT2D eigenvalue weighted by atomic mass is 32.1.